The van der Waals surface area contributed by atoms with Crippen molar-refractivity contribution in [1.82, 2.24) is 0 Å². The Kier molecular flexibility index (Phi) is 4.35. The van der Waals surface area contributed by atoms with Crippen LogP contribution in [0.15, 0.2) is 60.7 Å². The number of benzene rings is 3. The predicted octanol–water partition coefficient (Wildman–Crippen LogP) is 5.15. The summed E-state index contributed by atoms with van der Waals surface area (Å²) in [6.45, 7) is 0. The molecule has 0 unspecified atom stereocenters. The summed E-state index contributed by atoms with van der Waals surface area (Å²) in [6, 6.07) is 18.4. The van der Waals surface area contributed by atoms with Crippen molar-refractivity contribution in [1.29, 1.82) is 0 Å². The van der Waals surface area contributed by atoms with Crippen molar-refractivity contribution in [2.75, 3.05) is 17.7 Å². The van der Waals surface area contributed by atoms with Crippen LogP contribution < -0.4 is 15.4 Å². The lowest BCUT2D eigenvalue weighted by Gasteiger charge is -2.11. The fraction of sp³-hybridized carbons (Fsp3) is 0.0556. The Bertz CT molecular complexity index is 859. The molecule has 0 aliphatic carbocycles. The van der Waals surface area contributed by atoms with E-state index in [2.05, 4.69) is 10.6 Å². The summed E-state index contributed by atoms with van der Waals surface area (Å²) < 4.78 is 5.09. The van der Waals surface area contributed by atoms with Crippen LogP contribution in [0.3, 0.4) is 0 Å². The molecule has 0 saturated heterocycles. The normalized spacial score (nSPS) is 10.3. The van der Waals surface area contributed by atoms with E-state index in [0.29, 0.717) is 16.5 Å². The first-order valence-electron chi connectivity index (χ1n) is 7.06. The average Bonchev–Trinajstić information content (AvgIpc) is 2.55. The second kappa shape index (κ2) is 6.58. The summed E-state index contributed by atoms with van der Waals surface area (Å²) in [5, 5.41) is 8.11. The molecule has 23 heavy (non-hydrogen) atoms. The van der Waals surface area contributed by atoms with Gasteiger partial charge in [0.05, 0.1) is 17.8 Å². The van der Waals surface area contributed by atoms with E-state index < -0.39 is 0 Å². The molecule has 4 nitrogen and oxygen atoms in total. The molecule has 0 radical (unpaired) electrons. The lowest BCUT2D eigenvalue weighted by atomic mass is 10.1. The monoisotopic (exact) mass is 326 g/mol. The van der Waals surface area contributed by atoms with Crippen molar-refractivity contribution in [2.45, 2.75) is 0 Å². The summed E-state index contributed by atoms with van der Waals surface area (Å²) in [7, 11) is 1.54. The van der Waals surface area contributed by atoms with Gasteiger partial charge in [0, 0.05) is 11.1 Å². The van der Waals surface area contributed by atoms with E-state index in [4.69, 9.17) is 16.3 Å². The number of halogens is 1. The van der Waals surface area contributed by atoms with Crippen molar-refractivity contribution in [3.63, 3.8) is 0 Å². The molecule has 5 heteroatoms. The Labute approximate surface area is 139 Å². The Morgan fingerprint density at radius 2 is 1.78 bits per heavy atom. The van der Waals surface area contributed by atoms with Crippen LogP contribution in [0, 0.1) is 0 Å². The number of carbonyl (C=O) groups excluding carboxylic acids is 1. The van der Waals surface area contributed by atoms with Crippen LogP contribution in [0.5, 0.6) is 5.75 Å². The third-order valence-corrected chi connectivity index (χ3v) is 3.74. The lowest BCUT2D eigenvalue weighted by Crippen LogP contribution is -2.19. The molecule has 0 aliphatic rings. The second-order valence-electron chi connectivity index (χ2n) is 4.96. The Morgan fingerprint density at radius 1 is 1.00 bits per heavy atom. The van der Waals surface area contributed by atoms with Gasteiger partial charge >= 0.3 is 6.03 Å². The number of carbonyl (C=O) groups is 1. The fourth-order valence-electron chi connectivity index (χ4n) is 2.36. The first-order chi connectivity index (χ1) is 11.2. The number of methoxy groups -OCH3 is 1. The minimum atomic E-state index is -0.331. The number of ether oxygens (including phenoxy) is 1. The van der Waals surface area contributed by atoms with Crippen molar-refractivity contribution in [2.24, 2.45) is 0 Å². The smallest absolute Gasteiger partial charge is 0.323 e. The summed E-state index contributed by atoms with van der Waals surface area (Å²) in [6.07, 6.45) is 0. The first-order valence-corrected chi connectivity index (χ1v) is 7.44. The van der Waals surface area contributed by atoms with E-state index in [1.807, 2.05) is 42.5 Å². The number of amides is 2. The third kappa shape index (κ3) is 3.38. The summed E-state index contributed by atoms with van der Waals surface area (Å²) in [5.41, 5.74) is 1.34. The molecular weight excluding hydrogens is 312 g/mol. The average molecular weight is 327 g/mol. The van der Waals surface area contributed by atoms with Gasteiger partial charge in [0.25, 0.3) is 0 Å². The van der Waals surface area contributed by atoms with Crippen LogP contribution in [0.25, 0.3) is 10.8 Å². The van der Waals surface area contributed by atoms with Crippen molar-refractivity contribution < 1.29 is 9.53 Å². The number of fused-ring (bicyclic) bond motifs is 1. The van der Waals surface area contributed by atoms with Gasteiger partial charge in [0.2, 0.25) is 0 Å². The summed E-state index contributed by atoms with van der Waals surface area (Å²) >= 11 is 6.05. The van der Waals surface area contributed by atoms with Crippen LogP contribution >= 0.6 is 11.6 Å². The highest BCUT2D eigenvalue weighted by Crippen LogP contribution is 2.27. The van der Waals surface area contributed by atoms with Gasteiger partial charge in [-0.3, -0.25) is 0 Å². The molecule has 0 saturated carbocycles. The van der Waals surface area contributed by atoms with Crippen molar-refractivity contribution >= 4 is 39.8 Å². The van der Waals surface area contributed by atoms with E-state index in [1.165, 1.54) is 0 Å². The highest BCUT2D eigenvalue weighted by molar-refractivity contribution is 6.32. The molecule has 3 aromatic rings. The summed E-state index contributed by atoms with van der Waals surface area (Å²) in [5.74, 6) is 0.562. The predicted molar refractivity (Wildman–Crippen MR) is 94.6 cm³/mol. The highest BCUT2D eigenvalue weighted by atomic mass is 35.5. The molecule has 3 rings (SSSR count). The molecule has 0 aromatic heterocycles. The van der Waals surface area contributed by atoms with E-state index in [1.54, 1.807) is 25.3 Å². The minimum Gasteiger partial charge on any atom is -0.495 e. The molecule has 0 bridgehead atoms. The highest BCUT2D eigenvalue weighted by Gasteiger charge is 2.07. The van der Waals surface area contributed by atoms with Crippen LogP contribution in [0.4, 0.5) is 16.2 Å². The molecule has 3 aromatic carbocycles. The Hall–Kier alpha value is -2.72. The maximum Gasteiger partial charge on any atom is 0.323 e. The maximum atomic E-state index is 12.2. The molecule has 0 aliphatic heterocycles. The van der Waals surface area contributed by atoms with Gasteiger partial charge in [-0.05, 0) is 29.7 Å². The molecule has 2 amide bonds. The number of urea groups is 1. The number of hydrogen-bond acceptors (Lipinski definition) is 2. The van der Waals surface area contributed by atoms with Crippen LogP contribution in [0.2, 0.25) is 5.02 Å². The molecule has 116 valence electrons. The van der Waals surface area contributed by atoms with Crippen molar-refractivity contribution in [3.8, 4) is 5.75 Å². The quantitative estimate of drug-likeness (QED) is 0.699. The van der Waals surface area contributed by atoms with Gasteiger partial charge in [-0.2, -0.15) is 0 Å². The number of nitrogens with one attached hydrogen (secondary N) is 2. The van der Waals surface area contributed by atoms with Gasteiger partial charge in [0.1, 0.15) is 5.75 Å². The van der Waals surface area contributed by atoms with Gasteiger partial charge in [-0.1, -0.05) is 48.0 Å². The Morgan fingerprint density at radius 3 is 2.57 bits per heavy atom. The van der Waals surface area contributed by atoms with E-state index >= 15 is 0 Å². The number of hydrogen-bond donors (Lipinski definition) is 2. The van der Waals surface area contributed by atoms with E-state index in [-0.39, 0.29) is 6.03 Å². The molecule has 0 fully saturated rings. The molecule has 0 spiro atoms. The van der Waals surface area contributed by atoms with Gasteiger partial charge in [-0.15, -0.1) is 0 Å². The molecule has 0 atom stereocenters. The molecule has 2 N–H and O–H groups in total. The lowest BCUT2D eigenvalue weighted by molar-refractivity contribution is 0.262. The Balaban J connectivity index is 1.77. The molecular formula is C18H15ClN2O2. The standard InChI is InChI=1S/C18H15ClN2O2/c1-23-17-10-9-13(11-15(17)19)20-18(22)21-16-8-4-6-12-5-2-3-7-14(12)16/h2-11H,1H3,(H2,20,21,22). The summed E-state index contributed by atoms with van der Waals surface area (Å²) in [4.78, 5) is 12.2. The molecule has 0 heterocycles. The third-order valence-electron chi connectivity index (χ3n) is 3.45. The topological polar surface area (TPSA) is 50.4 Å². The van der Waals surface area contributed by atoms with E-state index in [9.17, 15) is 4.79 Å². The van der Waals surface area contributed by atoms with Crippen LogP contribution in [0.1, 0.15) is 0 Å². The fourth-order valence-corrected chi connectivity index (χ4v) is 2.62. The van der Waals surface area contributed by atoms with Crippen LogP contribution in [-0.2, 0) is 0 Å². The van der Waals surface area contributed by atoms with Crippen molar-refractivity contribution in [3.05, 3.63) is 65.7 Å². The number of rotatable bonds is 3. The zero-order valence-electron chi connectivity index (χ0n) is 12.5. The zero-order chi connectivity index (χ0) is 16.2. The number of anilines is 2. The van der Waals surface area contributed by atoms with Crippen LogP contribution in [-0.4, -0.2) is 13.1 Å². The minimum absolute atomic E-state index is 0.331. The zero-order valence-corrected chi connectivity index (χ0v) is 13.2. The SMILES string of the molecule is COc1ccc(NC(=O)Nc2cccc3ccccc23)cc1Cl. The van der Waals surface area contributed by atoms with Gasteiger partial charge in [-0.25, -0.2) is 4.79 Å². The largest absolute Gasteiger partial charge is 0.495 e. The van der Waals surface area contributed by atoms with Gasteiger partial charge in [0.15, 0.2) is 0 Å². The first kappa shape index (κ1) is 15.2. The second-order valence-corrected chi connectivity index (χ2v) is 5.36. The van der Waals surface area contributed by atoms with E-state index in [0.717, 1.165) is 16.5 Å². The maximum absolute atomic E-state index is 12.2. The van der Waals surface area contributed by atoms with Gasteiger partial charge < -0.3 is 15.4 Å².